The van der Waals surface area contributed by atoms with Crippen LogP contribution in [0.4, 0.5) is 11.4 Å². The Morgan fingerprint density at radius 3 is 2.29 bits per heavy atom. The van der Waals surface area contributed by atoms with Crippen LogP contribution in [0.2, 0.25) is 0 Å². The molecule has 9 heteroatoms. The highest BCUT2D eigenvalue weighted by molar-refractivity contribution is 7.89. The summed E-state index contributed by atoms with van der Waals surface area (Å²) >= 11 is 0. The van der Waals surface area contributed by atoms with E-state index >= 15 is 0 Å². The lowest BCUT2D eigenvalue weighted by Crippen LogP contribution is -2.41. The maximum Gasteiger partial charge on any atom is 0.248 e. The van der Waals surface area contributed by atoms with Crippen molar-refractivity contribution in [1.82, 2.24) is 9.46 Å². The van der Waals surface area contributed by atoms with Gasteiger partial charge < -0.3 is 15.2 Å². The van der Waals surface area contributed by atoms with Crippen LogP contribution >= 0.6 is 0 Å². The summed E-state index contributed by atoms with van der Waals surface area (Å²) in [6.45, 7) is 4.61. The summed E-state index contributed by atoms with van der Waals surface area (Å²) in [5.41, 5.74) is 3.36. The number of carbonyl (C=O) groups excluding carboxylic acids is 1. The monoisotopic (exact) mass is 482 g/mol. The molecule has 34 heavy (non-hydrogen) atoms. The summed E-state index contributed by atoms with van der Waals surface area (Å²) in [6.07, 6.45) is 1.87. The number of piperidine rings is 1. The van der Waals surface area contributed by atoms with Gasteiger partial charge in [0.1, 0.15) is 10.6 Å². The Labute approximate surface area is 200 Å². The summed E-state index contributed by atoms with van der Waals surface area (Å²) < 4.78 is 32.4. The van der Waals surface area contributed by atoms with E-state index in [1.807, 2.05) is 42.5 Å². The minimum atomic E-state index is -3.68. The van der Waals surface area contributed by atoms with E-state index in [1.54, 1.807) is 13.8 Å². The predicted molar refractivity (Wildman–Crippen MR) is 131 cm³/mol. The van der Waals surface area contributed by atoms with E-state index < -0.39 is 10.0 Å². The van der Waals surface area contributed by atoms with E-state index in [9.17, 15) is 13.2 Å². The molecule has 0 unspecified atom stereocenters. The lowest BCUT2D eigenvalue weighted by atomic mass is 9.97. The summed E-state index contributed by atoms with van der Waals surface area (Å²) in [7, 11) is -3.68. The van der Waals surface area contributed by atoms with Crippen LogP contribution in [0.5, 0.6) is 0 Å². The number of sulfonamides is 1. The molecule has 180 valence electrons. The molecule has 1 saturated heterocycles. The van der Waals surface area contributed by atoms with Crippen LogP contribution in [0.1, 0.15) is 29.9 Å². The highest BCUT2D eigenvalue weighted by Crippen LogP contribution is 2.28. The zero-order chi connectivity index (χ0) is 24.1. The van der Waals surface area contributed by atoms with Gasteiger partial charge in [-0.2, -0.15) is 4.31 Å². The number of benzene rings is 2. The first-order valence-corrected chi connectivity index (χ1v) is 12.9. The van der Waals surface area contributed by atoms with Crippen molar-refractivity contribution < 1.29 is 17.7 Å². The van der Waals surface area contributed by atoms with Crippen molar-refractivity contribution in [3.05, 3.63) is 71.6 Å². The fourth-order valence-corrected chi connectivity index (χ4v) is 6.00. The quantitative estimate of drug-likeness (QED) is 0.503. The van der Waals surface area contributed by atoms with Gasteiger partial charge in [-0.15, -0.1) is 0 Å². The Bertz CT molecular complexity index is 1200. The third-order valence-corrected chi connectivity index (χ3v) is 8.27. The van der Waals surface area contributed by atoms with E-state index in [2.05, 4.69) is 27.9 Å². The Kier molecular flexibility index (Phi) is 7.33. The van der Waals surface area contributed by atoms with Crippen LogP contribution in [0, 0.1) is 19.8 Å². The number of amides is 1. The van der Waals surface area contributed by atoms with Crippen molar-refractivity contribution in [3.8, 4) is 0 Å². The lowest BCUT2D eigenvalue weighted by molar-refractivity contribution is -0.120. The smallest absolute Gasteiger partial charge is 0.248 e. The molecular formula is C25H30N4O4S. The summed E-state index contributed by atoms with van der Waals surface area (Å²) in [6, 6.07) is 17.9. The van der Waals surface area contributed by atoms with Crippen molar-refractivity contribution >= 4 is 27.3 Å². The van der Waals surface area contributed by atoms with Crippen LogP contribution in [-0.4, -0.2) is 43.4 Å². The van der Waals surface area contributed by atoms with Crippen molar-refractivity contribution in [2.24, 2.45) is 5.92 Å². The minimum absolute atomic E-state index is 0.0841. The largest absolute Gasteiger partial charge is 0.385 e. The maximum atomic E-state index is 13.0. The fourth-order valence-electron chi connectivity index (χ4n) is 4.24. The normalized spacial score (nSPS) is 15.2. The van der Waals surface area contributed by atoms with E-state index in [0.29, 0.717) is 18.5 Å². The average Bonchev–Trinajstić information content (AvgIpc) is 3.19. The van der Waals surface area contributed by atoms with Crippen LogP contribution in [0.25, 0.3) is 0 Å². The summed E-state index contributed by atoms with van der Waals surface area (Å²) in [4.78, 5) is 12.9. The first-order chi connectivity index (χ1) is 16.3. The lowest BCUT2D eigenvalue weighted by Gasteiger charge is -2.30. The van der Waals surface area contributed by atoms with E-state index in [4.69, 9.17) is 4.52 Å². The number of nitrogens with one attached hydrogen (secondary N) is 2. The van der Waals surface area contributed by atoms with Gasteiger partial charge in [-0.25, -0.2) is 8.42 Å². The first kappa shape index (κ1) is 24.0. The molecule has 0 saturated carbocycles. The molecule has 1 aliphatic heterocycles. The standard InChI is InChI=1S/C25H30N4O4S/c1-18-24(19(2)33-28-18)34(31,32)29-16-13-21(14-17-29)25(30)27-23-10-8-22(9-11-23)26-15-12-20-6-4-3-5-7-20/h3-11,21,26H,12-17H2,1-2H3,(H,27,30). The molecule has 0 bridgehead atoms. The summed E-state index contributed by atoms with van der Waals surface area (Å²) in [5.74, 6) is -0.0330. The molecule has 0 atom stereocenters. The van der Waals surface area contributed by atoms with Crippen LogP contribution < -0.4 is 10.6 Å². The average molecular weight is 483 g/mol. The molecule has 1 aromatic heterocycles. The predicted octanol–water partition coefficient (Wildman–Crippen LogP) is 3.99. The molecule has 1 fully saturated rings. The second-order valence-electron chi connectivity index (χ2n) is 8.56. The molecule has 8 nitrogen and oxygen atoms in total. The Balaban J connectivity index is 1.26. The van der Waals surface area contributed by atoms with Gasteiger partial charge in [0.05, 0.1) is 0 Å². The number of nitrogens with zero attached hydrogens (tertiary/aromatic N) is 2. The van der Waals surface area contributed by atoms with Crippen LogP contribution in [-0.2, 0) is 21.2 Å². The zero-order valence-electron chi connectivity index (χ0n) is 19.5. The number of hydrogen-bond acceptors (Lipinski definition) is 6. The number of aromatic nitrogens is 1. The van der Waals surface area contributed by atoms with Crippen molar-refractivity contribution in [2.75, 3.05) is 30.3 Å². The van der Waals surface area contributed by atoms with Crippen LogP contribution in [0.3, 0.4) is 0 Å². The SMILES string of the molecule is Cc1noc(C)c1S(=O)(=O)N1CCC(C(=O)Nc2ccc(NCCc3ccccc3)cc2)CC1. The molecule has 4 rings (SSSR count). The van der Waals surface area contributed by atoms with Gasteiger partial charge in [0, 0.05) is 36.9 Å². The van der Waals surface area contributed by atoms with Gasteiger partial charge in [0.2, 0.25) is 15.9 Å². The second-order valence-corrected chi connectivity index (χ2v) is 10.4. The Morgan fingerprint density at radius 1 is 1.03 bits per heavy atom. The highest BCUT2D eigenvalue weighted by Gasteiger charge is 2.35. The van der Waals surface area contributed by atoms with Gasteiger partial charge in [0.15, 0.2) is 5.76 Å². The van der Waals surface area contributed by atoms with E-state index in [0.717, 1.165) is 24.3 Å². The van der Waals surface area contributed by atoms with Gasteiger partial charge in [-0.05, 0) is 62.9 Å². The van der Waals surface area contributed by atoms with Gasteiger partial charge >= 0.3 is 0 Å². The number of carbonyl (C=O) groups is 1. The third kappa shape index (κ3) is 5.48. The number of anilines is 2. The van der Waals surface area contributed by atoms with Gasteiger partial charge in [0.25, 0.3) is 0 Å². The van der Waals surface area contributed by atoms with Crippen molar-refractivity contribution in [2.45, 2.75) is 38.0 Å². The molecule has 0 spiro atoms. The third-order valence-electron chi connectivity index (χ3n) is 6.13. The van der Waals surface area contributed by atoms with Gasteiger partial charge in [-0.3, -0.25) is 4.79 Å². The van der Waals surface area contributed by atoms with E-state index in [1.165, 1.54) is 9.87 Å². The number of rotatable bonds is 8. The van der Waals surface area contributed by atoms with Crippen LogP contribution in [0.15, 0.2) is 64.0 Å². The Morgan fingerprint density at radius 2 is 1.68 bits per heavy atom. The number of aryl methyl sites for hydroxylation is 2. The fraction of sp³-hybridized carbons (Fsp3) is 0.360. The second kappa shape index (κ2) is 10.4. The maximum absolute atomic E-state index is 13.0. The summed E-state index contributed by atoms with van der Waals surface area (Å²) in [5, 5.41) is 10.1. The van der Waals surface area contributed by atoms with E-state index in [-0.39, 0.29) is 35.6 Å². The highest BCUT2D eigenvalue weighted by atomic mass is 32.2. The molecule has 1 amide bonds. The molecule has 2 N–H and O–H groups in total. The van der Waals surface area contributed by atoms with Gasteiger partial charge in [-0.1, -0.05) is 35.5 Å². The topological polar surface area (TPSA) is 105 Å². The molecule has 2 aromatic carbocycles. The molecule has 1 aliphatic rings. The van der Waals surface area contributed by atoms with Crippen molar-refractivity contribution in [1.29, 1.82) is 0 Å². The zero-order valence-corrected chi connectivity index (χ0v) is 20.3. The molecule has 2 heterocycles. The number of hydrogen-bond donors (Lipinski definition) is 2. The Hall–Kier alpha value is -3.17. The minimum Gasteiger partial charge on any atom is -0.385 e. The molecule has 0 aliphatic carbocycles. The first-order valence-electron chi connectivity index (χ1n) is 11.5. The van der Waals surface area contributed by atoms with Crippen molar-refractivity contribution in [3.63, 3.8) is 0 Å². The molecule has 0 radical (unpaired) electrons. The molecule has 3 aromatic rings. The molecular weight excluding hydrogens is 452 g/mol.